The number of nitrogens with one attached hydrogen (secondary N) is 1. The maximum atomic E-state index is 11.2. The summed E-state index contributed by atoms with van der Waals surface area (Å²) in [5.74, 6) is -0.252. The van der Waals surface area contributed by atoms with Crippen LogP contribution in [0.15, 0.2) is 24.3 Å². The first-order valence-corrected chi connectivity index (χ1v) is 6.33. The quantitative estimate of drug-likeness (QED) is 0.663. The molecule has 0 saturated heterocycles. The van der Waals surface area contributed by atoms with Crippen LogP contribution >= 0.6 is 0 Å². The first-order chi connectivity index (χ1) is 9.01. The third kappa shape index (κ3) is 4.54. The summed E-state index contributed by atoms with van der Waals surface area (Å²) in [6.07, 6.45) is 0.361. The minimum absolute atomic E-state index is 0.0402. The molecule has 0 bridgehead atoms. The van der Waals surface area contributed by atoms with Gasteiger partial charge in [-0.3, -0.25) is 4.79 Å². The Kier molecular flexibility index (Phi) is 5.79. The average Bonchev–Trinajstić information content (AvgIpc) is 2.39. The van der Waals surface area contributed by atoms with Gasteiger partial charge in [0.2, 0.25) is 0 Å². The van der Waals surface area contributed by atoms with E-state index in [9.17, 15) is 9.90 Å². The van der Waals surface area contributed by atoms with Crippen molar-refractivity contribution >= 4 is 5.97 Å². The molecule has 3 N–H and O–H groups in total. The molecule has 106 valence electrons. The molecule has 0 heterocycles. The summed E-state index contributed by atoms with van der Waals surface area (Å²) in [4.78, 5) is 11.2. The highest BCUT2D eigenvalue weighted by atomic mass is 16.5. The van der Waals surface area contributed by atoms with Crippen molar-refractivity contribution in [3.05, 3.63) is 29.8 Å². The van der Waals surface area contributed by atoms with E-state index in [4.69, 9.17) is 9.84 Å². The highest BCUT2D eigenvalue weighted by Gasteiger charge is 2.31. The molecule has 0 aromatic heterocycles. The van der Waals surface area contributed by atoms with Crippen molar-refractivity contribution < 1.29 is 19.7 Å². The molecule has 0 spiro atoms. The maximum absolute atomic E-state index is 11.2. The SMILES string of the molecule is CCNC(C)(CCOc1cccc(CO)c1)C(=O)O. The van der Waals surface area contributed by atoms with Crippen LogP contribution in [0.5, 0.6) is 5.75 Å². The predicted molar refractivity (Wildman–Crippen MR) is 72.2 cm³/mol. The second-order valence-corrected chi connectivity index (χ2v) is 4.57. The number of carboxylic acid groups (broad SMARTS) is 1. The van der Waals surface area contributed by atoms with Gasteiger partial charge in [-0.05, 0) is 31.2 Å². The van der Waals surface area contributed by atoms with Crippen LogP contribution in [0.1, 0.15) is 25.8 Å². The van der Waals surface area contributed by atoms with E-state index in [0.29, 0.717) is 25.3 Å². The standard InChI is InChI=1S/C14H21NO4/c1-3-15-14(2,13(17)18)7-8-19-12-6-4-5-11(9-12)10-16/h4-6,9,15-16H,3,7-8,10H2,1-2H3,(H,17,18). The number of hydrogen-bond acceptors (Lipinski definition) is 4. The molecule has 5 nitrogen and oxygen atoms in total. The molecule has 0 fully saturated rings. The molecule has 0 saturated carbocycles. The summed E-state index contributed by atoms with van der Waals surface area (Å²) >= 11 is 0. The van der Waals surface area contributed by atoms with E-state index in [0.717, 1.165) is 5.56 Å². The fourth-order valence-corrected chi connectivity index (χ4v) is 1.77. The lowest BCUT2D eigenvalue weighted by Crippen LogP contribution is -2.50. The number of carbonyl (C=O) groups is 1. The van der Waals surface area contributed by atoms with Gasteiger partial charge in [-0.15, -0.1) is 0 Å². The smallest absolute Gasteiger partial charge is 0.323 e. The monoisotopic (exact) mass is 267 g/mol. The van der Waals surface area contributed by atoms with E-state index in [-0.39, 0.29) is 6.61 Å². The zero-order chi connectivity index (χ0) is 14.3. The van der Waals surface area contributed by atoms with Gasteiger partial charge in [0, 0.05) is 6.42 Å². The van der Waals surface area contributed by atoms with Crippen LogP contribution < -0.4 is 10.1 Å². The minimum atomic E-state index is -0.983. The van der Waals surface area contributed by atoms with Crippen molar-refractivity contribution in [2.24, 2.45) is 0 Å². The minimum Gasteiger partial charge on any atom is -0.493 e. The van der Waals surface area contributed by atoms with Gasteiger partial charge in [0.25, 0.3) is 0 Å². The molecule has 5 heteroatoms. The molecule has 0 aliphatic heterocycles. The number of ether oxygens (including phenoxy) is 1. The summed E-state index contributed by atoms with van der Waals surface area (Å²) in [6.45, 7) is 4.36. The van der Waals surface area contributed by atoms with E-state index in [2.05, 4.69) is 5.32 Å². The number of likely N-dealkylation sites (N-methyl/N-ethyl adjacent to an activating group) is 1. The van der Waals surface area contributed by atoms with E-state index in [1.54, 1.807) is 31.2 Å². The molecule has 0 amide bonds. The number of rotatable bonds is 8. The fourth-order valence-electron chi connectivity index (χ4n) is 1.77. The van der Waals surface area contributed by atoms with Crippen LogP contribution in [-0.2, 0) is 11.4 Å². The fraction of sp³-hybridized carbons (Fsp3) is 0.500. The van der Waals surface area contributed by atoms with Crippen molar-refractivity contribution in [1.82, 2.24) is 5.32 Å². The summed E-state index contributed by atoms with van der Waals surface area (Å²) in [7, 11) is 0. The lowest BCUT2D eigenvalue weighted by Gasteiger charge is -2.25. The second kappa shape index (κ2) is 7.11. The van der Waals surface area contributed by atoms with Crippen molar-refractivity contribution in [2.75, 3.05) is 13.2 Å². The van der Waals surface area contributed by atoms with Crippen LogP contribution in [0.3, 0.4) is 0 Å². The average molecular weight is 267 g/mol. The Hall–Kier alpha value is -1.59. The largest absolute Gasteiger partial charge is 0.493 e. The topological polar surface area (TPSA) is 78.8 Å². The van der Waals surface area contributed by atoms with Crippen molar-refractivity contribution in [3.63, 3.8) is 0 Å². The van der Waals surface area contributed by atoms with E-state index in [1.807, 2.05) is 6.92 Å². The molecule has 0 aliphatic rings. The first kappa shape index (κ1) is 15.5. The summed E-state index contributed by atoms with van der Waals surface area (Å²) in [5, 5.41) is 21.2. The third-order valence-electron chi connectivity index (χ3n) is 2.99. The van der Waals surface area contributed by atoms with Crippen LogP contribution in [-0.4, -0.2) is 34.9 Å². The van der Waals surface area contributed by atoms with E-state index in [1.165, 1.54) is 0 Å². The number of aliphatic carboxylic acids is 1. The highest BCUT2D eigenvalue weighted by molar-refractivity contribution is 5.78. The summed E-state index contributed by atoms with van der Waals surface area (Å²) < 4.78 is 5.53. The molecule has 1 rings (SSSR count). The van der Waals surface area contributed by atoms with Gasteiger partial charge in [-0.25, -0.2) is 0 Å². The number of hydrogen-bond donors (Lipinski definition) is 3. The Bertz CT molecular complexity index is 422. The summed E-state index contributed by atoms with van der Waals surface area (Å²) in [6, 6.07) is 7.12. The van der Waals surface area contributed by atoms with Crippen LogP contribution in [0.4, 0.5) is 0 Å². The van der Waals surface area contributed by atoms with Crippen molar-refractivity contribution in [2.45, 2.75) is 32.4 Å². The second-order valence-electron chi connectivity index (χ2n) is 4.57. The van der Waals surface area contributed by atoms with Crippen molar-refractivity contribution in [3.8, 4) is 5.75 Å². The van der Waals surface area contributed by atoms with Gasteiger partial charge in [0.1, 0.15) is 11.3 Å². The van der Waals surface area contributed by atoms with E-state index < -0.39 is 11.5 Å². The van der Waals surface area contributed by atoms with Gasteiger partial charge < -0.3 is 20.3 Å². The van der Waals surface area contributed by atoms with Crippen LogP contribution in [0.2, 0.25) is 0 Å². The molecule has 1 aromatic rings. The third-order valence-corrected chi connectivity index (χ3v) is 2.99. The maximum Gasteiger partial charge on any atom is 0.323 e. The lowest BCUT2D eigenvalue weighted by atomic mass is 9.98. The van der Waals surface area contributed by atoms with Gasteiger partial charge in [-0.2, -0.15) is 0 Å². The highest BCUT2D eigenvalue weighted by Crippen LogP contribution is 2.16. The van der Waals surface area contributed by atoms with Gasteiger partial charge >= 0.3 is 5.97 Å². The molecular weight excluding hydrogens is 246 g/mol. The normalized spacial score (nSPS) is 13.8. The Balaban J connectivity index is 2.54. The number of aliphatic hydroxyl groups is 1. The van der Waals surface area contributed by atoms with Gasteiger partial charge in [-0.1, -0.05) is 19.1 Å². The molecule has 19 heavy (non-hydrogen) atoms. The molecule has 1 atom stereocenters. The summed E-state index contributed by atoms with van der Waals surface area (Å²) in [5.41, 5.74) is -0.214. The Morgan fingerprint density at radius 2 is 2.21 bits per heavy atom. The molecule has 0 aliphatic carbocycles. The number of aliphatic hydroxyl groups excluding tert-OH is 1. The van der Waals surface area contributed by atoms with Crippen LogP contribution in [0, 0.1) is 0 Å². The number of carboxylic acids is 1. The predicted octanol–water partition coefficient (Wildman–Crippen LogP) is 1.40. The Morgan fingerprint density at radius 3 is 2.79 bits per heavy atom. The molecule has 0 radical (unpaired) electrons. The zero-order valence-electron chi connectivity index (χ0n) is 11.3. The number of benzene rings is 1. The molecular formula is C14H21NO4. The molecule has 1 aromatic carbocycles. The first-order valence-electron chi connectivity index (χ1n) is 6.33. The molecule has 1 unspecified atom stereocenters. The van der Waals surface area contributed by atoms with Gasteiger partial charge in [0.05, 0.1) is 13.2 Å². The van der Waals surface area contributed by atoms with Gasteiger partial charge in [0.15, 0.2) is 0 Å². The Labute approximate surface area is 113 Å². The Morgan fingerprint density at radius 1 is 1.47 bits per heavy atom. The van der Waals surface area contributed by atoms with E-state index >= 15 is 0 Å². The lowest BCUT2D eigenvalue weighted by molar-refractivity contribution is -0.144. The zero-order valence-corrected chi connectivity index (χ0v) is 11.3. The van der Waals surface area contributed by atoms with Crippen molar-refractivity contribution in [1.29, 1.82) is 0 Å². The van der Waals surface area contributed by atoms with Crippen LogP contribution in [0.25, 0.3) is 0 Å².